The summed E-state index contributed by atoms with van der Waals surface area (Å²) in [5, 5.41) is 11.0. The van der Waals surface area contributed by atoms with Crippen LogP contribution in [-0.4, -0.2) is 57.2 Å². The lowest BCUT2D eigenvalue weighted by atomic mass is 9.81. The Hall–Kier alpha value is -4.43. The van der Waals surface area contributed by atoms with Crippen LogP contribution in [0.15, 0.2) is 82.5 Å². The van der Waals surface area contributed by atoms with Crippen molar-refractivity contribution in [1.29, 1.82) is 0 Å². The van der Waals surface area contributed by atoms with E-state index in [-0.39, 0.29) is 24.6 Å². The Morgan fingerprint density at radius 3 is 2.58 bits per heavy atom. The maximum absolute atomic E-state index is 13.6. The van der Waals surface area contributed by atoms with Gasteiger partial charge >= 0.3 is 11.7 Å². The largest absolute Gasteiger partial charge is 0.451 e. The number of ether oxygens (including phenoxy) is 5. The number of esters is 1. The van der Waals surface area contributed by atoms with E-state index in [0.29, 0.717) is 12.0 Å². The molecule has 2 aliphatic heterocycles. The molecule has 0 N–H and O–H groups in total. The summed E-state index contributed by atoms with van der Waals surface area (Å²) >= 11 is 0. The summed E-state index contributed by atoms with van der Waals surface area (Å²) in [7, 11) is 1.48. The van der Waals surface area contributed by atoms with Crippen molar-refractivity contribution in [3.63, 3.8) is 0 Å². The lowest BCUT2D eigenvalue weighted by Crippen LogP contribution is -2.59. The predicted molar refractivity (Wildman–Crippen MR) is 149 cm³/mol. The van der Waals surface area contributed by atoms with Crippen LogP contribution < -0.4 is 11.2 Å². The van der Waals surface area contributed by atoms with E-state index in [1.165, 1.54) is 42.1 Å². The average molecular weight is 592 g/mol. The van der Waals surface area contributed by atoms with Gasteiger partial charge in [0.2, 0.25) is 0 Å². The first-order valence-corrected chi connectivity index (χ1v) is 13.7. The number of fused-ring (bicyclic) bond motifs is 1. The van der Waals surface area contributed by atoms with Gasteiger partial charge in [0.25, 0.3) is 11.2 Å². The molecule has 3 aliphatic rings. The van der Waals surface area contributed by atoms with Crippen LogP contribution in [0.25, 0.3) is 0 Å². The molecule has 1 spiro atoms. The molecule has 0 saturated carbocycles. The number of non-ortho nitro benzene ring substituents is 1. The molecule has 3 heterocycles. The molecule has 6 rings (SSSR count). The normalized spacial score (nSPS) is 27.2. The van der Waals surface area contributed by atoms with E-state index in [0.717, 1.165) is 10.1 Å². The summed E-state index contributed by atoms with van der Waals surface area (Å²) in [6, 6.07) is 14.4. The molecule has 2 saturated heterocycles. The lowest BCUT2D eigenvalue weighted by Gasteiger charge is -2.43. The van der Waals surface area contributed by atoms with Crippen LogP contribution in [0.1, 0.15) is 34.1 Å². The second kappa shape index (κ2) is 11.3. The zero-order valence-corrected chi connectivity index (χ0v) is 23.4. The Morgan fingerprint density at radius 2 is 1.88 bits per heavy atom. The number of nitro groups is 1. The fourth-order valence-electron chi connectivity index (χ4n) is 6.02. The van der Waals surface area contributed by atoms with Gasteiger partial charge in [-0.2, -0.15) is 0 Å². The summed E-state index contributed by atoms with van der Waals surface area (Å²) in [6.07, 6.45) is 1.37. The zero-order valence-electron chi connectivity index (χ0n) is 23.4. The number of carbonyl (C=O) groups is 1. The van der Waals surface area contributed by atoms with Crippen molar-refractivity contribution < 1.29 is 33.4 Å². The van der Waals surface area contributed by atoms with Gasteiger partial charge in [-0.15, -0.1) is 0 Å². The van der Waals surface area contributed by atoms with Gasteiger partial charge in [-0.1, -0.05) is 36.4 Å². The molecule has 2 fully saturated rings. The molecule has 13 heteroatoms. The first kappa shape index (κ1) is 28.7. The highest BCUT2D eigenvalue weighted by Gasteiger charge is 2.72. The van der Waals surface area contributed by atoms with E-state index in [1.807, 2.05) is 36.4 Å². The summed E-state index contributed by atoms with van der Waals surface area (Å²) in [5.41, 5.74) is -1.30. The molecule has 3 aromatic rings. The second-order valence-corrected chi connectivity index (χ2v) is 10.6. The highest BCUT2D eigenvalue weighted by Crippen LogP contribution is 2.54. The summed E-state index contributed by atoms with van der Waals surface area (Å²) in [4.78, 5) is 50.1. The number of nitrogens with zero attached hydrogens (tertiary/aromatic N) is 3. The molecule has 0 amide bonds. The van der Waals surface area contributed by atoms with Crippen LogP contribution in [-0.2, 0) is 37.0 Å². The van der Waals surface area contributed by atoms with Gasteiger partial charge in [0, 0.05) is 31.0 Å². The van der Waals surface area contributed by atoms with E-state index in [4.69, 9.17) is 23.7 Å². The Labute approximate surface area is 245 Å². The van der Waals surface area contributed by atoms with Crippen molar-refractivity contribution in [2.75, 3.05) is 7.11 Å². The average Bonchev–Trinajstić information content (AvgIpc) is 3.51. The minimum atomic E-state index is -1.30. The molecule has 0 radical (unpaired) electrons. The van der Waals surface area contributed by atoms with Crippen molar-refractivity contribution in [3.05, 3.63) is 121 Å². The molecular weight excluding hydrogens is 562 g/mol. The number of aryl methyl sites for hydroxylation is 1. The highest BCUT2D eigenvalue weighted by atomic mass is 16.7. The summed E-state index contributed by atoms with van der Waals surface area (Å²) in [5.74, 6) is -0.720. The van der Waals surface area contributed by atoms with Crippen LogP contribution in [0.2, 0.25) is 0 Å². The third-order valence-corrected chi connectivity index (χ3v) is 8.05. The van der Waals surface area contributed by atoms with Gasteiger partial charge in [0.1, 0.15) is 18.9 Å². The second-order valence-electron chi connectivity index (χ2n) is 10.6. The van der Waals surface area contributed by atoms with Crippen molar-refractivity contribution in [1.82, 2.24) is 9.13 Å². The van der Waals surface area contributed by atoms with E-state index in [9.17, 15) is 24.5 Å². The first-order valence-electron chi connectivity index (χ1n) is 13.7. The summed E-state index contributed by atoms with van der Waals surface area (Å²) < 4.78 is 32.6. The number of carbonyl (C=O) groups excluding carboxylic acids is 1. The minimum absolute atomic E-state index is 0.117. The third-order valence-electron chi connectivity index (χ3n) is 8.05. The highest BCUT2D eigenvalue weighted by molar-refractivity contribution is 5.90. The van der Waals surface area contributed by atoms with Crippen molar-refractivity contribution in [2.45, 2.75) is 62.9 Å². The van der Waals surface area contributed by atoms with E-state index >= 15 is 0 Å². The zero-order chi connectivity index (χ0) is 30.3. The fraction of sp³-hybridized carbons (Fsp3) is 0.367. The van der Waals surface area contributed by atoms with Gasteiger partial charge < -0.3 is 23.7 Å². The van der Waals surface area contributed by atoms with Crippen LogP contribution in [0, 0.1) is 17.0 Å². The van der Waals surface area contributed by atoms with Gasteiger partial charge in [-0.3, -0.25) is 19.5 Å². The molecule has 13 nitrogen and oxygen atoms in total. The number of nitro benzene ring substituents is 1. The number of rotatable bonds is 9. The Morgan fingerprint density at radius 1 is 1.14 bits per heavy atom. The molecule has 1 aliphatic carbocycles. The van der Waals surface area contributed by atoms with Gasteiger partial charge in [0.15, 0.2) is 17.9 Å². The maximum Gasteiger partial charge on any atom is 0.338 e. The van der Waals surface area contributed by atoms with E-state index < -0.39 is 58.4 Å². The lowest BCUT2D eigenvalue weighted by molar-refractivity contribution is -0.384. The molecule has 224 valence electrons. The van der Waals surface area contributed by atoms with Gasteiger partial charge in [0.05, 0.1) is 23.2 Å². The summed E-state index contributed by atoms with van der Waals surface area (Å²) in [6.45, 7) is 1.52. The standard InChI is InChI=1S/C30H29N3O10/c1-18-15-31(29(36)32(26(18)34)17-40-16-19-7-4-3-5-8-19)27-24-25(39-2)30(43-27)22(41-24)9-6-10-23(30)42-28(35)20-11-13-21(14-12-20)33(37)38/h3-8,10-15,22-25,27H,9,16-17H2,1-2H3/t22?,23-,24-,25+,27-,30?/m1/s1. The number of benzene rings is 2. The number of hydrogen-bond acceptors (Lipinski definition) is 10. The topological polar surface area (TPSA) is 150 Å². The maximum atomic E-state index is 13.6. The molecule has 2 bridgehead atoms. The van der Waals surface area contributed by atoms with Crippen LogP contribution in [0.3, 0.4) is 0 Å². The third kappa shape index (κ3) is 4.89. The monoisotopic (exact) mass is 591 g/mol. The smallest absolute Gasteiger partial charge is 0.338 e. The number of hydrogen-bond donors (Lipinski definition) is 0. The Kier molecular flexibility index (Phi) is 7.56. The van der Waals surface area contributed by atoms with Gasteiger partial charge in [-0.05, 0) is 37.1 Å². The van der Waals surface area contributed by atoms with Crippen LogP contribution in [0.4, 0.5) is 5.69 Å². The van der Waals surface area contributed by atoms with Gasteiger partial charge in [-0.25, -0.2) is 14.2 Å². The molecular formula is C30H29N3O10. The fourth-order valence-corrected chi connectivity index (χ4v) is 6.02. The van der Waals surface area contributed by atoms with Crippen molar-refractivity contribution >= 4 is 11.7 Å². The van der Waals surface area contributed by atoms with Crippen molar-refractivity contribution in [3.8, 4) is 0 Å². The Bertz CT molecular complexity index is 1680. The van der Waals surface area contributed by atoms with E-state index in [2.05, 4.69) is 0 Å². The predicted octanol–water partition coefficient (Wildman–Crippen LogP) is 2.64. The SMILES string of the molecule is CO[C@H]1[C@H]2OC3CC=C[C@@H](OC(=O)c4ccc([N+](=O)[O-])cc4)C31O[C@H]2n1cc(C)c(=O)n(COCc2ccccc2)c1=O. The molecule has 2 unspecified atom stereocenters. The number of aromatic nitrogens is 2. The van der Waals surface area contributed by atoms with E-state index in [1.54, 1.807) is 13.0 Å². The van der Waals surface area contributed by atoms with Crippen molar-refractivity contribution in [2.24, 2.45) is 0 Å². The van der Waals surface area contributed by atoms with Crippen LogP contribution in [0.5, 0.6) is 0 Å². The minimum Gasteiger partial charge on any atom is -0.451 e. The molecule has 6 atom stereocenters. The van der Waals surface area contributed by atoms with Crippen LogP contribution >= 0.6 is 0 Å². The quantitative estimate of drug-likeness (QED) is 0.157. The first-order chi connectivity index (χ1) is 20.7. The molecule has 2 aromatic carbocycles. The Balaban J connectivity index is 1.28. The number of methoxy groups -OCH3 is 1. The molecule has 43 heavy (non-hydrogen) atoms. The molecule has 1 aromatic heterocycles.